The summed E-state index contributed by atoms with van der Waals surface area (Å²) in [6.45, 7) is 2.81. The lowest BCUT2D eigenvalue weighted by atomic mass is 10.0. The van der Waals surface area contributed by atoms with Gasteiger partial charge in [-0.05, 0) is 43.2 Å². The van der Waals surface area contributed by atoms with Gasteiger partial charge < -0.3 is 25.4 Å². The summed E-state index contributed by atoms with van der Waals surface area (Å²) in [4.78, 5) is 39.9. The standard InChI is InChI=1S/C20H23N3O5S2/c1-3-28-20(26)23-9-8-14-15(10-23)30-19(17(14)18(21)25)22-16(24)11-29-13-6-4-12(27-2)5-7-13/h4-7H,3,8-11H2,1-2H3,(H2,21,25)(H,22,24). The molecule has 1 aromatic carbocycles. The van der Waals surface area contributed by atoms with Crippen molar-refractivity contribution in [1.82, 2.24) is 4.90 Å². The maximum Gasteiger partial charge on any atom is 0.410 e. The van der Waals surface area contributed by atoms with Gasteiger partial charge in [0, 0.05) is 16.3 Å². The lowest BCUT2D eigenvalue weighted by Gasteiger charge is -2.26. The van der Waals surface area contributed by atoms with E-state index in [4.69, 9.17) is 15.2 Å². The largest absolute Gasteiger partial charge is 0.497 e. The number of thioether (sulfide) groups is 1. The van der Waals surface area contributed by atoms with Crippen molar-refractivity contribution in [1.29, 1.82) is 0 Å². The van der Waals surface area contributed by atoms with Gasteiger partial charge >= 0.3 is 6.09 Å². The highest BCUT2D eigenvalue weighted by atomic mass is 32.2. The number of thiophene rings is 1. The second-order valence-corrected chi connectivity index (χ2v) is 8.61. The van der Waals surface area contributed by atoms with Crippen molar-refractivity contribution in [2.75, 3.05) is 31.3 Å². The Bertz CT molecular complexity index is 943. The van der Waals surface area contributed by atoms with Crippen LogP contribution in [-0.2, 0) is 22.5 Å². The van der Waals surface area contributed by atoms with Crippen LogP contribution in [0, 0.1) is 0 Å². The van der Waals surface area contributed by atoms with Crippen molar-refractivity contribution in [3.8, 4) is 5.75 Å². The summed E-state index contributed by atoms with van der Waals surface area (Å²) < 4.78 is 10.2. The normalized spacial score (nSPS) is 12.8. The Morgan fingerprint density at radius 2 is 2.00 bits per heavy atom. The number of ether oxygens (including phenoxy) is 2. The molecule has 0 atom stereocenters. The fourth-order valence-electron chi connectivity index (χ4n) is 3.11. The number of methoxy groups -OCH3 is 1. The molecule has 0 saturated heterocycles. The van der Waals surface area contributed by atoms with Gasteiger partial charge in [0.25, 0.3) is 5.91 Å². The molecule has 1 aromatic heterocycles. The lowest BCUT2D eigenvalue weighted by molar-refractivity contribution is -0.113. The summed E-state index contributed by atoms with van der Waals surface area (Å²) in [6, 6.07) is 7.40. The number of benzene rings is 1. The van der Waals surface area contributed by atoms with Crippen LogP contribution in [0.1, 0.15) is 27.7 Å². The third-order valence-electron chi connectivity index (χ3n) is 4.51. The molecule has 2 aromatic rings. The van der Waals surface area contributed by atoms with Crippen LogP contribution in [0.15, 0.2) is 29.2 Å². The minimum Gasteiger partial charge on any atom is -0.497 e. The van der Waals surface area contributed by atoms with E-state index in [1.807, 2.05) is 24.3 Å². The summed E-state index contributed by atoms with van der Waals surface area (Å²) in [5.74, 6) is 0.104. The van der Waals surface area contributed by atoms with Crippen LogP contribution in [-0.4, -0.2) is 48.8 Å². The first-order valence-corrected chi connectivity index (χ1v) is 11.2. The molecule has 3 amide bonds. The maximum atomic E-state index is 12.5. The molecule has 3 rings (SSSR count). The van der Waals surface area contributed by atoms with E-state index in [9.17, 15) is 14.4 Å². The Hall–Kier alpha value is -2.72. The SMILES string of the molecule is CCOC(=O)N1CCc2c(sc(NC(=O)CSc3ccc(OC)cc3)c2C(N)=O)C1. The Morgan fingerprint density at radius 1 is 1.27 bits per heavy atom. The summed E-state index contributed by atoms with van der Waals surface area (Å²) in [6.07, 6.45) is 0.0954. The van der Waals surface area contributed by atoms with E-state index in [-0.39, 0.29) is 11.7 Å². The third-order valence-corrected chi connectivity index (χ3v) is 6.66. The number of amides is 3. The van der Waals surface area contributed by atoms with Gasteiger partial charge in [0.05, 0.1) is 31.6 Å². The van der Waals surface area contributed by atoms with Crippen LogP contribution in [0.2, 0.25) is 0 Å². The summed E-state index contributed by atoms with van der Waals surface area (Å²) in [5, 5.41) is 3.24. The molecule has 0 saturated carbocycles. The molecule has 0 aliphatic carbocycles. The Kier molecular flexibility index (Phi) is 7.22. The van der Waals surface area contributed by atoms with E-state index in [1.54, 1.807) is 18.9 Å². The van der Waals surface area contributed by atoms with Crippen molar-refractivity contribution in [2.24, 2.45) is 5.73 Å². The molecule has 1 aliphatic rings. The first-order chi connectivity index (χ1) is 14.4. The average Bonchev–Trinajstić information content (AvgIpc) is 3.09. The molecule has 0 spiro atoms. The minimum atomic E-state index is -0.588. The number of carbonyl (C=O) groups excluding carboxylic acids is 3. The second-order valence-electron chi connectivity index (χ2n) is 6.46. The monoisotopic (exact) mass is 449 g/mol. The topological polar surface area (TPSA) is 111 Å². The molecule has 0 unspecified atom stereocenters. The number of fused-ring (bicyclic) bond motifs is 1. The van der Waals surface area contributed by atoms with Crippen molar-refractivity contribution < 1.29 is 23.9 Å². The lowest BCUT2D eigenvalue weighted by Crippen LogP contribution is -2.36. The smallest absolute Gasteiger partial charge is 0.410 e. The number of hydrogen-bond acceptors (Lipinski definition) is 7. The first kappa shape index (κ1) is 22.0. The maximum absolute atomic E-state index is 12.5. The quantitative estimate of drug-likeness (QED) is 0.629. The summed E-state index contributed by atoms with van der Waals surface area (Å²) >= 11 is 2.65. The molecular weight excluding hydrogens is 426 g/mol. The zero-order valence-corrected chi connectivity index (χ0v) is 18.4. The Morgan fingerprint density at radius 3 is 2.63 bits per heavy atom. The minimum absolute atomic E-state index is 0.183. The van der Waals surface area contributed by atoms with Crippen molar-refractivity contribution in [3.05, 3.63) is 40.3 Å². The molecule has 3 N–H and O–H groups in total. The molecule has 2 heterocycles. The van der Waals surface area contributed by atoms with Crippen LogP contribution in [0.4, 0.5) is 9.80 Å². The Labute approximate surface area is 182 Å². The van der Waals surface area contributed by atoms with Crippen molar-refractivity contribution >= 4 is 46.0 Å². The predicted molar refractivity (Wildman–Crippen MR) is 116 cm³/mol. The van der Waals surface area contributed by atoms with E-state index in [2.05, 4.69) is 5.32 Å². The molecule has 30 heavy (non-hydrogen) atoms. The average molecular weight is 450 g/mol. The molecule has 1 aliphatic heterocycles. The Balaban J connectivity index is 1.68. The molecule has 160 valence electrons. The molecule has 0 radical (unpaired) electrons. The van der Waals surface area contributed by atoms with Crippen LogP contribution >= 0.6 is 23.1 Å². The molecular formula is C20H23N3O5S2. The summed E-state index contributed by atoms with van der Waals surface area (Å²) in [5.41, 5.74) is 6.72. The number of rotatable bonds is 7. The number of carbonyl (C=O) groups is 3. The zero-order valence-electron chi connectivity index (χ0n) is 16.7. The van der Waals surface area contributed by atoms with Gasteiger partial charge in [-0.25, -0.2) is 4.79 Å². The van der Waals surface area contributed by atoms with Crippen LogP contribution in [0.5, 0.6) is 5.75 Å². The highest BCUT2D eigenvalue weighted by Gasteiger charge is 2.30. The van der Waals surface area contributed by atoms with Gasteiger partial charge in [-0.3, -0.25) is 9.59 Å². The number of primary amides is 1. The van der Waals surface area contributed by atoms with Gasteiger partial charge in [-0.2, -0.15) is 0 Å². The van der Waals surface area contributed by atoms with E-state index < -0.39 is 12.0 Å². The van der Waals surface area contributed by atoms with Crippen molar-refractivity contribution in [2.45, 2.75) is 24.8 Å². The van der Waals surface area contributed by atoms with Crippen molar-refractivity contribution in [3.63, 3.8) is 0 Å². The highest BCUT2D eigenvalue weighted by Crippen LogP contribution is 2.37. The highest BCUT2D eigenvalue weighted by molar-refractivity contribution is 8.00. The van der Waals surface area contributed by atoms with E-state index in [0.29, 0.717) is 36.7 Å². The van der Waals surface area contributed by atoms with Gasteiger partial charge in [0.1, 0.15) is 10.8 Å². The first-order valence-electron chi connectivity index (χ1n) is 9.35. The van der Waals surface area contributed by atoms with Crippen LogP contribution in [0.25, 0.3) is 0 Å². The fraction of sp³-hybridized carbons (Fsp3) is 0.350. The molecule has 0 fully saturated rings. The number of nitrogens with two attached hydrogens (primary N) is 1. The van der Waals surface area contributed by atoms with E-state index in [1.165, 1.54) is 23.1 Å². The van der Waals surface area contributed by atoms with Gasteiger partial charge in [0.15, 0.2) is 0 Å². The molecule has 0 bridgehead atoms. The zero-order chi connectivity index (χ0) is 21.7. The number of nitrogens with zero attached hydrogens (tertiary/aromatic N) is 1. The second kappa shape index (κ2) is 9.86. The number of nitrogens with one attached hydrogen (secondary N) is 1. The van der Waals surface area contributed by atoms with Crippen LogP contribution in [0.3, 0.4) is 0 Å². The van der Waals surface area contributed by atoms with E-state index in [0.717, 1.165) is 21.1 Å². The summed E-state index contributed by atoms with van der Waals surface area (Å²) in [7, 11) is 1.60. The van der Waals surface area contributed by atoms with Gasteiger partial charge in [-0.15, -0.1) is 23.1 Å². The predicted octanol–water partition coefficient (Wildman–Crippen LogP) is 3.10. The number of hydrogen-bond donors (Lipinski definition) is 2. The molecule has 8 nitrogen and oxygen atoms in total. The van der Waals surface area contributed by atoms with Gasteiger partial charge in [-0.1, -0.05) is 0 Å². The number of anilines is 1. The fourth-order valence-corrected chi connectivity index (χ4v) is 5.09. The van der Waals surface area contributed by atoms with Crippen LogP contribution < -0.4 is 15.8 Å². The molecule has 10 heteroatoms. The van der Waals surface area contributed by atoms with E-state index >= 15 is 0 Å². The third kappa shape index (κ3) is 5.06. The van der Waals surface area contributed by atoms with Gasteiger partial charge in [0.2, 0.25) is 5.91 Å².